The van der Waals surface area contributed by atoms with E-state index in [9.17, 15) is 9.90 Å². The van der Waals surface area contributed by atoms with E-state index in [0.717, 1.165) is 16.8 Å². The number of anilines is 1. The number of hydrogen-bond donors (Lipinski definition) is 1. The highest BCUT2D eigenvalue weighted by atomic mass is 35.5. The lowest BCUT2D eigenvalue weighted by atomic mass is 9.87. The largest absolute Gasteiger partial charge is 0.480 e. The average Bonchev–Trinajstić information content (AvgIpc) is 2.33. The lowest BCUT2D eigenvalue weighted by Gasteiger charge is -2.46. The molecule has 20 heavy (non-hydrogen) atoms. The van der Waals surface area contributed by atoms with Crippen LogP contribution in [0.15, 0.2) is 24.3 Å². The molecule has 0 radical (unpaired) electrons. The van der Waals surface area contributed by atoms with Crippen LogP contribution in [0.4, 0.5) is 5.69 Å². The second-order valence-corrected chi connectivity index (χ2v) is 6.21. The van der Waals surface area contributed by atoms with Crippen LogP contribution in [-0.2, 0) is 4.79 Å². The maximum atomic E-state index is 11.6. The zero-order chi connectivity index (χ0) is 15.1. The van der Waals surface area contributed by atoms with Gasteiger partial charge < -0.3 is 10.0 Å². The SMILES string of the molecule is CC[C@@H](C(=O)O)N1c2ccc(Cl)cc2C(C)=CC1(C)C. The van der Waals surface area contributed by atoms with Crippen molar-refractivity contribution < 1.29 is 9.90 Å². The van der Waals surface area contributed by atoms with Gasteiger partial charge in [-0.2, -0.15) is 0 Å². The van der Waals surface area contributed by atoms with Crippen molar-refractivity contribution in [3.05, 3.63) is 34.9 Å². The number of aliphatic carboxylic acids is 1. The molecule has 0 saturated heterocycles. The van der Waals surface area contributed by atoms with Crippen LogP contribution >= 0.6 is 11.6 Å². The molecule has 0 aromatic heterocycles. The fraction of sp³-hybridized carbons (Fsp3) is 0.438. The molecule has 1 N–H and O–H groups in total. The Bertz CT molecular complexity index is 578. The van der Waals surface area contributed by atoms with E-state index < -0.39 is 12.0 Å². The van der Waals surface area contributed by atoms with Crippen LogP contribution in [-0.4, -0.2) is 22.7 Å². The number of carboxylic acids is 1. The topological polar surface area (TPSA) is 40.5 Å². The summed E-state index contributed by atoms with van der Waals surface area (Å²) in [6, 6.07) is 5.09. The Kier molecular flexibility index (Phi) is 3.83. The molecule has 1 heterocycles. The molecule has 1 aromatic rings. The Balaban J connectivity index is 2.65. The summed E-state index contributed by atoms with van der Waals surface area (Å²) < 4.78 is 0. The number of fused-ring (bicyclic) bond motifs is 1. The average molecular weight is 294 g/mol. The lowest BCUT2D eigenvalue weighted by Crippen LogP contribution is -2.54. The minimum absolute atomic E-state index is 0.343. The van der Waals surface area contributed by atoms with Crippen molar-refractivity contribution in [2.45, 2.75) is 45.7 Å². The first kappa shape index (κ1) is 14.9. The minimum Gasteiger partial charge on any atom is -0.480 e. The predicted molar refractivity (Wildman–Crippen MR) is 83.4 cm³/mol. The van der Waals surface area contributed by atoms with Gasteiger partial charge in [-0.3, -0.25) is 0 Å². The van der Waals surface area contributed by atoms with Crippen LogP contribution < -0.4 is 4.90 Å². The Morgan fingerprint density at radius 3 is 2.65 bits per heavy atom. The van der Waals surface area contributed by atoms with Crippen molar-refractivity contribution >= 4 is 28.8 Å². The van der Waals surface area contributed by atoms with Gasteiger partial charge in [-0.1, -0.05) is 24.6 Å². The van der Waals surface area contributed by atoms with Gasteiger partial charge in [0.15, 0.2) is 0 Å². The number of rotatable bonds is 3. The van der Waals surface area contributed by atoms with E-state index in [1.54, 1.807) is 0 Å². The zero-order valence-electron chi connectivity index (χ0n) is 12.3. The third-order valence-corrected chi connectivity index (χ3v) is 4.05. The van der Waals surface area contributed by atoms with Crippen molar-refractivity contribution in [1.82, 2.24) is 0 Å². The Hall–Kier alpha value is -1.48. The molecule has 3 nitrogen and oxygen atoms in total. The van der Waals surface area contributed by atoms with Gasteiger partial charge in [-0.25, -0.2) is 4.79 Å². The van der Waals surface area contributed by atoms with E-state index in [2.05, 4.69) is 6.08 Å². The Morgan fingerprint density at radius 2 is 2.10 bits per heavy atom. The van der Waals surface area contributed by atoms with Crippen molar-refractivity contribution in [3.8, 4) is 0 Å². The van der Waals surface area contributed by atoms with Gasteiger partial charge in [-0.05, 0) is 51.0 Å². The summed E-state index contributed by atoms with van der Waals surface area (Å²) in [5, 5.41) is 10.2. The maximum Gasteiger partial charge on any atom is 0.326 e. The summed E-state index contributed by atoms with van der Waals surface area (Å²) >= 11 is 6.07. The highest BCUT2D eigenvalue weighted by molar-refractivity contribution is 6.30. The van der Waals surface area contributed by atoms with Crippen LogP contribution in [0, 0.1) is 0 Å². The number of nitrogens with zero attached hydrogens (tertiary/aromatic N) is 1. The van der Waals surface area contributed by atoms with Crippen LogP contribution in [0.2, 0.25) is 5.02 Å². The van der Waals surface area contributed by atoms with E-state index in [4.69, 9.17) is 11.6 Å². The van der Waals surface area contributed by atoms with Gasteiger partial charge in [0.25, 0.3) is 0 Å². The quantitative estimate of drug-likeness (QED) is 0.908. The number of benzene rings is 1. The molecule has 1 aliphatic heterocycles. The summed E-state index contributed by atoms with van der Waals surface area (Å²) in [5.74, 6) is -0.797. The molecular weight excluding hydrogens is 274 g/mol. The molecule has 1 aliphatic rings. The fourth-order valence-corrected chi connectivity index (χ4v) is 3.23. The summed E-state index contributed by atoms with van der Waals surface area (Å²) in [5.41, 5.74) is 2.73. The fourth-order valence-electron chi connectivity index (χ4n) is 3.06. The standard InChI is InChI=1S/C16H20ClNO2/c1-5-13(15(19)20)18-14-7-6-11(17)8-12(14)10(2)9-16(18,3)4/h6-9,13H,5H2,1-4H3,(H,19,20)/t13-/m0/s1. The first-order chi connectivity index (χ1) is 9.27. The second kappa shape index (κ2) is 5.13. The number of allylic oxidation sites excluding steroid dienone is 1. The van der Waals surface area contributed by atoms with E-state index >= 15 is 0 Å². The molecule has 1 atom stereocenters. The first-order valence-electron chi connectivity index (χ1n) is 6.79. The minimum atomic E-state index is -0.797. The third kappa shape index (κ3) is 2.42. The van der Waals surface area contributed by atoms with Gasteiger partial charge in [-0.15, -0.1) is 0 Å². The predicted octanol–water partition coefficient (Wildman–Crippen LogP) is 4.21. The molecule has 1 aromatic carbocycles. The van der Waals surface area contributed by atoms with E-state index in [0.29, 0.717) is 11.4 Å². The molecule has 0 saturated carbocycles. The van der Waals surface area contributed by atoms with E-state index in [1.165, 1.54) is 0 Å². The molecule has 0 fully saturated rings. The molecule has 0 aliphatic carbocycles. The third-order valence-electron chi connectivity index (χ3n) is 3.82. The van der Waals surface area contributed by atoms with Gasteiger partial charge in [0.2, 0.25) is 0 Å². The Labute approximate surface area is 124 Å². The number of carboxylic acid groups (broad SMARTS) is 1. The molecule has 0 spiro atoms. The molecular formula is C16H20ClNO2. The van der Waals surface area contributed by atoms with Gasteiger partial charge in [0.1, 0.15) is 6.04 Å². The smallest absolute Gasteiger partial charge is 0.326 e. The molecule has 108 valence electrons. The first-order valence-corrected chi connectivity index (χ1v) is 7.17. The van der Waals surface area contributed by atoms with Crippen LogP contribution in [0.5, 0.6) is 0 Å². The number of hydrogen-bond acceptors (Lipinski definition) is 2. The zero-order valence-corrected chi connectivity index (χ0v) is 13.0. The van der Waals surface area contributed by atoms with Crippen molar-refractivity contribution in [2.24, 2.45) is 0 Å². The van der Waals surface area contributed by atoms with Crippen LogP contribution in [0.3, 0.4) is 0 Å². The van der Waals surface area contributed by atoms with Crippen LogP contribution in [0.1, 0.15) is 39.7 Å². The molecule has 4 heteroatoms. The van der Waals surface area contributed by atoms with Gasteiger partial charge in [0, 0.05) is 16.3 Å². The van der Waals surface area contributed by atoms with Crippen molar-refractivity contribution in [1.29, 1.82) is 0 Å². The Morgan fingerprint density at radius 1 is 1.45 bits per heavy atom. The maximum absolute atomic E-state index is 11.6. The number of halogens is 1. The second-order valence-electron chi connectivity index (χ2n) is 5.77. The van der Waals surface area contributed by atoms with E-state index in [-0.39, 0.29) is 5.54 Å². The summed E-state index contributed by atoms with van der Waals surface area (Å²) in [6.45, 7) is 8.02. The number of carbonyl (C=O) groups is 1. The van der Waals surface area contributed by atoms with Crippen molar-refractivity contribution in [3.63, 3.8) is 0 Å². The molecule has 0 amide bonds. The van der Waals surface area contributed by atoms with E-state index in [1.807, 2.05) is 50.8 Å². The van der Waals surface area contributed by atoms with Gasteiger partial charge >= 0.3 is 5.97 Å². The highest BCUT2D eigenvalue weighted by Gasteiger charge is 2.38. The monoisotopic (exact) mass is 293 g/mol. The highest BCUT2D eigenvalue weighted by Crippen LogP contribution is 2.41. The summed E-state index contributed by atoms with van der Waals surface area (Å²) in [7, 11) is 0. The summed E-state index contributed by atoms with van der Waals surface area (Å²) in [4.78, 5) is 13.6. The lowest BCUT2D eigenvalue weighted by molar-refractivity contribution is -0.139. The van der Waals surface area contributed by atoms with Crippen molar-refractivity contribution in [2.75, 3.05) is 4.90 Å². The molecule has 0 bridgehead atoms. The summed E-state index contributed by atoms with van der Waals surface area (Å²) in [6.07, 6.45) is 2.66. The van der Waals surface area contributed by atoms with Crippen LogP contribution in [0.25, 0.3) is 5.57 Å². The molecule has 2 rings (SSSR count). The van der Waals surface area contributed by atoms with Gasteiger partial charge in [0.05, 0.1) is 5.54 Å². The molecule has 0 unspecified atom stereocenters. The normalized spacial score (nSPS) is 18.2.